The molecule has 4 heteroatoms. The number of ether oxygens (including phenoxy) is 1. The molecule has 0 N–H and O–H groups in total. The van der Waals surface area contributed by atoms with Crippen molar-refractivity contribution in [1.82, 2.24) is 14.3 Å². The SMILES string of the molecule is COc1ccc2c(c1)CCCC(c1ccccc1C)=C2c1ccn2cc(CN3CC[C@@H](C)C3)nc2c1. The maximum absolute atomic E-state index is 5.58. The summed E-state index contributed by atoms with van der Waals surface area (Å²) in [6, 6.07) is 19.9. The van der Waals surface area contributed by atoms with E-state index in [1.54, 1.807) is 7.11 Å². The number of imidazole rings is 1. The molecule has 3 heterocycles. The number of allylic oxidation sites excluding steroid dienone is 1. The molecule has 1 atom stereocenters. The Hall–Kier alpha value is -3.37. The smallest absolute Gasteiger partial charge is 0.137 e. The Morgan fingerprint density at radius 1 is 1.03 bits per heavy atom. The van der Waals surface area contributed by atoms with Gasteiger partial charge in [-0.1, -0.05) is 37.3 Å². The van der Waals surface area contributed by atoms with E-state index in [2.05, 4.69) is 90.1 Å². The van der Waals surface area contributed by atoms with Crippen LogP contribution in [0.3, 0.4) is 0 Å². The number of aryl methyl sites for hydroxylation is 2. The number of aromatic nitrogens is 2. The number of hydrogen-bond acceptors (Lipinski definition) is 3. The van der Waals surface area contributed by atoms with Gasteiger partial charge in [0.05, 0.1) is 12.8 Å². The fourth-order valence-electron chi connectivity index (χ4n) is 6.07. The third kappa shape index (κ3) is 4.35. The fraction of sp³-hybridized carbons (Fsp3) is 0.344. The molecule has 36 heavy (non-hydrogen) atoms. The van der Waals surface area contributed by atoms with Gasteiger partial charge in [0.25, 0.3) is 0 Å². The molecule has 0 spiro atoms. The van der Waals surface area contributed by atoms with Crippen LogP contribution in [0.25, 0.3) is 16.8 Å². The average Bonchev–Trinajstić information content (AvgIpc) is 3.43. The Labute approximate surface area is 214 Å². The average molecular weight is 478 g/mol. The summed E-state index contributed by atoms with van der Waals surface area (Å²) < 4.78 is 7.76. The molecule has 184 valence electrons. The van der Waals surface area contributed by atoms with E-state index in [0.29, 0.717) is 0 Å². The van der Waals surface area contributed by atoms with Gasteiger partial charge in [-0.15, -0.1) is 0 Å². The number of pyridine rings is 1. The Morgan fingerprint density at radius 2 is 1.92 bits per heavy atom. The first-order valence-corrected chi connectivity index (χ1v) is 13.3. The largest absolute Gasteiger partial charge is 0.497 e. The second-order valence-electron chi connectivity index (χ2n) is 10.6. The van der Waals surface area contributed by atoms with Gasteiger partial charge >= 0.3 is 0 Å². The Bertz CT molecular complexity index is 1450. The minimum atomic E-state index is 0.786. The molecule has 1 saturated heterocycles. The molecule has 0 radical (unpaired) electrons. The quantitative estimate of drug-likeness (QED) is 0.317. The predicted molar refractivity (Wildman–Crippen MR) is 147 cm³/mol. The summed E-state index contributed by atoms with van der Waals surface area (Å²) in [6.07, 6.45) is 8.90. The lowest BCUT2D eigenvalue weighted by Gasteiger charge is -2.18. The number of likely N-dealkylation sites (tertiary alicyclic amines) is 1. The Balaban J connectivity index is 1.48. The van der Waals surface area contributed by atoms with Crippen molar-refractivity contribution < 1.29 is 4.74 Å². The third-order valence-corrected chi connectivity index (χ3v) is 7.92. The van der Waals surface area contributed by atoms with E-state index < -0.39 is 0 Å². The highest BCUT2D eigenvalue weighted by molar-refractivity contribution is 6.00. The highest BCUT2D eigenvalue weighted by Crippen LogP contribution is 2.41. The first kappa shape index (κ1) is 23.1. The van der Waals surface area contributed by atoms with Crippen LogP contribution < -0.4 is 4.74 Å². The van der Waals surface area contributed by atoms with Crippen molar-refractivity contribution in [3.05, 3.63) is 101 Å². The second kappa shape index (κ2) is 9.59. The maximum Gasteiger partial charge on any atom is 0.137 e. The molecule has 2 aromatic carbocycles. The van der Waals surface area contributed by atoms with Gasteiger partial charge in [-0.3, -0.25) is 4.90 Å². The Morgan fingerprint density at radius 3 is 2.72 bits per heavy atom. The molecule has 1 fully saturated rings. The van der Waals surface area contributed by atoms with E-state index in [0.717, 1.165) is 48.8 Å². The maximum atomic E-state index is 5.58. The standard InChI is InChI=1S/C32H35N3O/c1-22-13-15-34(19-22)20-26-21-35-16-14-25(18-31(35)33-26)32-29-12-11-27(36-3)17-24(29)8-6-10-30(32)28-9-5-4-7-23(28)2/h4-5,7,9,11-12,14,16-18,21-22H,6,8,10,13,15,19-20H2,1-3H3/t22-/m1/s1. The number of nitrogens with zero attached hydrogens (tertiary/aromatic N) is 3. The van der Waals surface area contributed by atoms with Crippen LogP contribution >= 0.6 is 0 Å². The summed E-state index contributed by atoms with van der Waals surface area (Å²) in [6.45, 7) is 7.85. The minimum absolute atomic E-state index is 0.786. The van der Waals surface area contributed by atoms with Crippen LogP contribution in [0.15, 0.2) is 67.0 Å². The molecule has 1 aliphatic carbocycles. The van der Waals surface area contributed by atoms with Crippen molar-refractivity contribution in [2.75, 3.05) is 20.2 Å². The normalized spacial score (nSPS) is 18.5. The zero-order chi connectivity index (χ0) is 24.6. The van der Waals surface area contributed by atoms with Crippen molar-refractivity contribution >= 4 is 16.8 Å². The van der Waals surface area contributed by atoms with E-state index in [1.807, 2.05) is 0 Å². The van der Waals surface area contributed by atoms with Crippen molar-refractivity contribution in [3.63, 3.8) is 0 Å². The van der Waals surface area contributed by atoms with Crippen molar-refractivity contribution in [3.8, 4) is 5.75 Å². The molecule has 0 bridgehead atoms. The van der Waals surface area contributed by atoms with Crippen LogP contribution in [0.1, 0.15) is 59.7 Å². The molecule has 6 rings (SSSR count). The lowest BCUT2D eigenvalue weighted by atomic mass is 9.87. The summed E-state index contributed by atoms with van der Waals surface area (Å²) in [5, 5.41) is 0. The first-order valence-electron chi connectivity index (χ1n) is 13.3. The van der Waals surface area contributed by atoms with Gasteiger partial charge in [0.15, 0.2) is 0 Å². The molecule has 4 aromatic rings. The highest BCUT2D eigenvalue weighted by atomic mass is 16.5. The number of methoxy groups -OCH3 is 1. The van der Waals surface area contributed by atoms with Crippen molar-refractivity contribution in [1.29, 1.82) is 0 Å². The van der Waals surface area contributed by atoms with E-state index in [-0.39, 0.29) is 0 Å². The summed E-state index contributed by atoms with van der Waals surface area (Å²) in [5.41, 5.74) is 11.5. The molecule has 2 aliphatic rings. The molecule has 4 nitrogen and oxygen atoms in total. The number of hydrogen-bond donors (Lipinski definition) is 0. The van der Waals surface area contributed by atoms with Crippen LogP contribution in [0, 0.1) is 12.8 Å². The van der Waals surface area contributed by atoms with Crippen molar-refractivity contribution in [2.45, 2.75) is 46.1 Å². The van der Waals surface area contributed by atoms with Gasteiger partial charge in [0.2, 0.25) is 0 Å². The van der Waals surface area contributed by atoms with E-state index in [1.165, 1.54) is 58.5 Å². The van der Waals surface area contributed by atoms with Crippen LogP contribution in [0.4, 0.5) is 0 Å². The summed E-state index contributed by atoms with van der Waals surface area (Å²) >= 11 is 0. The Kier molecular flexibility index (Phi) is 6.14. The molecule has 2 aromatic heterocycles. The minimum Gasteiger partial charge on any atom is -0.497 e. The van der Waals surface area contributed by atoms with E-state index in [4.69, 9.17) is 9.72 Å². The zero-order valence-electron chi connectivity index (χ0n) is 21.6. The third-order valence-electron chi connectivity index (χ3n) is 7.92. The van der Waals surface area contributed by atoms with E-state index in [9.17, 15) is 0 Å². The molecule has 0 amide bonds. The van der Waals surface area contributed by atoms with Gasteiger partial charge in [0.1, 0.15) is 11.4 Å². The topological polar surface area (TPSA) is 29.8 Å². The highest BCUT2D eigenvalue weighted by Gasteiger charge is 2.23. The molecule has 0 unspecified atom stereocenters. The van der Waals surface area contributed by atoms with Gasteiger partial charge in [-0.25, -0.2) is 4.98 Å². The van der Waals surface area contributed by atoms with Gasteiger partial charge in [-0.2, -0.15) is 0 Å². The second-order valence-corrected chi connectivity index (χ2v) is 10.6. The van der Waals surface area contributed by atoms with Crippen LogP contribution in [0.2, 0.25) is 0 Å². The summed E-state index contributed by atoms with van der Waals surface area (Å²) in [4.78, 5) is 7.59. The zero-order valence-corrected chi connectivity index (χ0v) is 21.6. The summed E-state index contributed by atoms with van der Waals surface area (Å²) in [7, 11) is 1.75. The number of fused-ring (bicyclic) bond motifs is 2. The molecular formula is C32H35N3O. The molecule has 0 saturated carbocycles. The molecule has 1 aliphatic heterocycles. The predicted octanol–water partition coefficient (Wildman–Crippen LogP) is 6.79. The number of benzene rings is 2. The van der Waals surface area contributed by atoms with Gasteiger partial charge < -0.3 is 9.14 Å². The summed E-state index contributed by atoms with van der Waals surface area (Å²) in [5.74, 6) is 1.71. The van der Waals surface area contributed by atoms with Crippen LogP contribution in [-0.2, 0) is 13.0 Å². The molecular weight excluding hydrogens is 442 g/mol. The first-order chi connectivity index (χ1) is 17.6. The van der Waals surface area contributed by atoms with Crippen molar-refractivity contribution in [2.24, 2.45) is 5.92 Å². The van der Waals surface area contributed by atoms with Gasteiger partial charge in [0, 0.05) is 25.5 Å². The van der Waals surface area contributed by atoms with Gasteiger partial charge in [-0.05, 0) is 108 Å². The fourth-order valence-corrected chi connectivity index (χ4v) is 6.07. The van der Waals surface area contributed by atoms with E-state index >= 15 is 0 Å². The van der Waals surface area contributed by atoms with Crippen LogP contribution in [0.5, 0.6) is 5.75 Å². The van der Waals surface area contributed by atoms with Crippen LogP contribution in [-0.4, -0.2) is 34.5 Å². The monoisotopic (exact) mass is 477 g/mol. The number of rotatable bonds is 5. The lowest BCUT2D eigenvalue weighted by molar-refractivity contribution is 0.317. The lowest BCUT2D eigenvalue weighted by Crippen LogP contribution is -2.19.